The zero-order chi connectivity index (χ0) is 13.7. The Morgan fingerprint density at radius 3 is 3.05 bits per heavy atom. The summed E-state index contributed by atoms with van der Waals surface area (Å²) < 4.78 is 4.75. The summed E-state index contributed by atoms with van der Waals surface area (Å²) in [6.45, 7) is 2.01. The van der Waals surface area contributed by atoms with E-state index in [1.165, 1.54) is 26.4 Å². The molecule has 5 heteroatoms. The van der Waals surface area contributed by atoms with E-state index in [-0.39, 0.29) is 5.97 Å². The van der Waals surface area contributed by atoms with Gasteiger partial charge in [0.1, 0.15) is 5.82 Å². The van der Waals surface area contributed by atoms with E-state index >= 15 is 0 Å². The van der Waals surface area contributed by atoms with Crippen molar-refractivity contribution in [2.24, 2.45) is 0 Å². The Hall–Kier alpha value is -1.23. The predicted molar refractivity (Wildman–Crippen MR) is 78.9 cm³/mol. The van der Waals surface area contributed by atoms with Gasteiger partial charge < -0.3 is 9.64 Å². The molecule has 0 radical (unpaired) electrons. The average Bonchev–Trinajstić information content (AvgIpc) is 2.72. The number of hydrogen-bond acceptors (Lipinski definition) is 5. The van der Waals surface area contributed by atoms with Gasteiger partial charge in [0.15, 0.2) is 0 Å². The van der Waals surface area contributed by atoms with Crippen LogP contribution in [0.2, 0.25) is 0 Å². The van der Waals surface area contributed by atoms with Crippen molar-refractivity contribution in [1.29, 1.82) is 0 Å². The molecule has 1 unspecified atom stereocenters. The van der Waals surface area contributed by atoms with Crippen LogP contribution in [0.1, 0.15) is 29.6 Å². The first-order chi connectivity index (χ1) is 9.24. The topological polar surface area (TPSA) is 42.4 Å². The molecule has 1 aromatic heterocycles. The summed E-state index contributed by atoms with van der Waals surface area (Å²) in [5, 5.41) is 0.744. The maximum absolute atomic E-state index is 11.5. The summed E-state index contributed by atoms with van der Waals surface area (Å²) >= 11 is 1.95. The van der Waals surface area contributed by atoms with Crippen molar-refractivity contribution < 1.29 is 9.53 Å². The molecule has 1 aliphatic rings. The van der Waals surface area contributed by atoms with Gasteiger partial charge in [0.2, 0.25) is 0 Å². The van der Waals surface area contributed by atoms with Gasteiger partial charge in [-0.1, -0.05) is 0 Å². The third-order valence-electron chi connectivity index (χ3n) is 3.50. The zero-order valence-corrected chi connectivity index (χ0v) is 12.3. The quantitative estimate of drug-likeness (QED) is 0.796. The Balaban J connectivity index is 2.10. The van der Waals surface area contributed by atoms with Gasteiger partial charge in [-0.3, -0.25) is 0 Å². The summed E-state index contributed by atoms with van der Waals surface area (Å²) in [4.78, 5) is 18.2. The fraction of sp³-hybridized carbons (Fsp3) is 0.571. The zero-order valence-electron chi connectivity index (χ0n) is 11.5. The number of carbonyl (C=O) groups excluding carboxylic acids is 1. The summed E-state index contributed by atoms with van der Waals surface area (Å²) in [7, 11) is 1.40. The second-order valence-electron chi connectivity index (χ2n) is 4.67. The van der Waals surface area contributed by atoms with Crippen molar-refractivity contribution in [2.45, 2.75) is 24.5 Å². The second kappa shape index (κ2) is 6.80. The van der Waals surface area contributed by atoms with Crippen LogP contribution in [0, 0.1) is 0 Å². The van der Waals surface area contributed by atoms with E-state index in [1.54, 1.807) is 12.3 Å². The Morgan fingerprint density at radius 2 is 2.32 bits per heavy atom. The number of anilines is 1. The SMILES string of the molecule is COC(=O)c1ccnc(N2CCCC(SC)CC2)c1. The van der Waals surface area contributed by atoms with Crippen LogP contribution in [0.4, 0.5) is 5.82 Å². The Kier molecular flexibility index (Phi) is 5.07. The van der Waals surface area contributed by atoms with E-state index in [4.69, 9.17) is 4.74 Å². The number of hydrogen-bond donors (Lipinski definition) is 0. The smallest absolute Gasteiger partial charge is 0.338 e. The van der Waals surface area contributed by atoms with Crippen molar-refractivity contribution in [2.75, 3.05) is 31.4 Å². The molecule has 1 aliphatic heterocycles. The van der Waals surface area contributed by atoms with Gasteiger partial charge >= 0.3 is 5.97 Å². The molecule has 0 N–H and O–H groups in total. The Labute approximate surface area is 118 Å². The number of esters is 1. The van der Waals surface area contributed by atoms with Gasteiger partial charge in [-0.15, -0.1) is 0 Å². The molecular weight excluding hydrogens is 260 g/mol. The monoisotopic (exact) mass is 280 g/mol. The summed E-state index contributed by atoms with van der Waals surface area (Å²) in [5.41, 5.74) is 0.568. The molecule has 2 rings (SSSR count). The number of nitrogens with zero attached hydrogens (tertiary/aromatic N) is 2. The number of aromatic nitrogens is 1. The normalized spacial score (nSPS) is 19.9. The predicted octanol–water partition coefficient (Wildman–Crippen LogP) is 2.59. The van der Waals surface area contributed by atoms with Gasteiger partial charge in [-0.05, 0) is 37.7 Å². The number of rotatable bonds is 3. The summed E-state index contributed by atoms with van der Waals surface area (Å²) in [5.74, 6) is 0.574. The molecule has 1 saturated heterocycles. The van der Waals surface area contributed by atoms with Crippen molar-refractivity contribution in [3.63, 3.8) is 0 Å². The Morgan fingerprint density at radius 1 is 1.47 bits per heavy atom. The average molecular weight is 280 g/mol. The van der Waals surface area contributed by atoms with Crippen LogP contribution in [-0.2, 0) is 4.74 Å². The van der Waals surface area contributed by atoms with Crippen LogP contribution in [0.15, 0.2) is 18.3 Å². The van der Waals surface area contributed by atoms with Crippen molar-refractivity contribution in [3.8, 4) is 0 Å². The van der Waals surface area contributed by atoms with Crippen LogP contribution in [0.3, 0.4) is 0 Å². The molecule has 0 saturated carbocycles. The lowest BCUT2D eigenvalue weighted by Crippen LogP contribution is -2.25. The van der Waals surface area contributed by atoms with Crippen molar-refractivity contribution in [3.05, 3.63) is 23.9 Å². The van der Waals surface area contributed by atoms with E-state index in [2.05, 4.69) is 16.1 Å². The third-order valence-corrected chi connectivity index (χ3v) is 4.64. The molecule has 0 amide bonds. The lowest BCUT2D eigenvalue weighted by atomic mass is 10.2. The molecule has 104 valence electrons. The van der Waals surface area contributed by atoms with Crippen LogP contribution in [0.25, 0.3) is 0 Å². The van der Waals surface area contributed by atoms with E-state index in [0.717, 1.165) is 24.2 Å². The van der Waals surface area contributed by atoms with Gasteiger partial charge in [-0.25, -0.2) is 9.78 Å². The molecule has 1 fully saturated rings. The summed E-state index contributed by atoms with van der Waals surface area (Å²) in [6.07, 6.45) is 7.46. The second-order valence-corrected chi connectivity index (χ2v) is 5.81. The van der Waals surface area contributed by atoms with E-state index in [1.807, 2.05) is 17.8 Å². The molecular formula is C14H20N2O2S. The fourth-order valence-electron chi connectivity index (χ4n) is 2.37. The number of pyridine rings is 1. The molecule has 0 spiro atoms. The highest BCUT2D eigenvalue weighted by Gasteiger charge is 2.18. The molecule has 0 aromatic carbocycles. The van der Waals surface area contributed by atoms with Crippen LogP contribution in [0.5, 0.6) is 0 Å². The maximum atomic E-state index is 11.5. The third kappa shape index (κ3) is 3.62. The number of ether oxygens (including phenoxy) is 1. The molecule has 4 nitrogen and oxygen atoms in total. The van der Waals surface area contributed by atoms with E-state index in [9.17, 15) is 4.79 Å². The van der Waals surface area contributed by atoms with Crippen LogP contribution < -0.4 is 4.90 Å². The standard InChI is InChI=1S/C14H20N2O2S/c1-18-14(17)11-5-7-15-13(10-11)16-8-3-4-12(19-2)6-9-16/h5,7,10,12H,3-4,6,8-9H2,1-2H3. The van der Waals surface area contributed by atoms with Gasteiger partial charge in [-0.2, -0.15) is 11.8 Å². The lowest BCUT2D eigenvalue weighted by Gasteiger charge is -2.21. The summed E-state index contributed by atoms with van der Waals surface area (Å²) in [6, 6.07) is 3.52. The molecule has 1 atom stereocenters. The largest absolute Gasteiger partial charge is 0.465 e. The number of carbonyl (C=O) groups is 1. The number of thioether (sulfide) groups is 1. The number of methoxy groups -OCH3 is 1. The maximum Gasteiger partial charge on any atom is 0.338 e. The Bertz CT molecular complexity index is 439. The van der Waals surface area contributed by atoms with Crippen molar-refractivity contribution in [1.82, 2.24) is 4.98 Å². The molecule has 0 bridgehead atoms. The first-order valence-electron chi connectivity index (χ1n) is 6.56. The molecule has 0 aliphatic carbocycles. The highest BCUT2D eigenvalue weighted by atomic mass is 32.2. The minimum absolute atomic E-state index is 0.305. The highest BCUT2D eigenvalue weighted by Crippen LogP contribution is 2.24. The fourth-order valence-corrected chi connectivity index (χ4v) is 3.11. The van der Waals surface area contributed by atoms with E-state index in [0.29, 0.717) is 5.56 Å². The minimum atomic E-state index is -0.305. The lowest BCUT2D eigenvalue weighted by molar-refractivity contribution is 0.0600. The van der Waals surface area contributed by atoms with Crippen LogP contribution >= 0.6 is 11.8 Å². The minimum Gasteiger partial charge on any atom is -0.465 e. The van der Waals surface area contributed by atoms with E-state index < -0.39 is 0 Å². The van der Waals surface area contributed by atoms with Gasteiger partial charge in [0, 0.05) is 24.5 Å². The molecule has 1 aromatic rings. The first kappa shape index (κ1) is 14.2. The first-order valence-corrected chi connectivity index (χ1v) is 7.85. The molecule has 19 heavy (non-hydrogen) atoms. The van der Waals surface area contributed by atoms with Crippen molar-refractivity contribution >= 4 is 23.5 Å². The van der Waals surface area contributed by atoms with Gasteiger partial charge in [0.25, 0.3) is 0 Å². The van der Waals surface area contributed by atoms with Gasteiger partial charge in [0.05, 0.1) is 12.7 Å². The van der Waals surface area contributed by atoms with Crippen LogP contribution in [-0.4, -0.2) is 42.7 Å². The molecule has 2 heterocycles. The highest BCUT2D eigenvalue weighted by molar-refractivity contribution is 7.99.